The van der Waals surface area contributed by atoms with Gasteiger partial charge in [-0.1, -0.05) is 13.8 Å². The quantitative estimate of drug-likeness (QED) is 0.850. The van der Waals surface area contributed by atoms with Crippen molar-refractivity contribution in [1.82, 2.24) is 20.0 Å². The number of hydrogen-bond donors (Lipinski definition) is 1. The zero-order valence-corrected chi connectivity index (χ0v) is 11.8. The smallest absolute Gasteiger partial charge is 0.324 e. The van der Waals surface area contributed by atoms with E-state index in [1.54, 1.807) is 17.1 Å². The molecule has 2 heterocycles. The molecule has 1 fully saturated rings. The van der Waals surface area contributed by atoms with Gasteiger partial charge in [0.05, 0.1) is 23.8 Å². The lowest BCUT2D eigenvalue weighted by Gasteiger charge is -2.14. The zero-order chi connectivity index (χ0) is 13.3. The summed E-state index contributed by atoms with van der Waals surface area (Å²) in [5.41, 5.74) is 0. The third-order valence-electron chi connectivity index (χ3n) is 2.88. The summed E-state index contributed by atoms with van der Waals surface area (Å²) in [4.78, 5) is 24.9. The molecule has 98 valence electrons. The third kappa shape index (κ3) is 2.55. The fraction of sp³-hybridized carbons (Fsp3) is 0.545. The molecule has 6 nitrogen and oxygen atoms in total. The van der Waals surface area contributed by atoms with E-state index in [1.165, 1.54) is 4.90 Å². The van der Waals surface area contributed by atoms with Crippen molar-refractivity contribution in [3.8, 4) is 0 Å². The Hall–Kier alpha value is -1.37. The minimum Gasteiger partial charge on any atom is -0.326 e. The number of halogens is 1. The number of urea groups is 1. The number of aromatic nitrogens is 2. The highest BCUT2D eigenvalue weighted by Crippen LogP contribution is 2.14. The molecule has 18 heavy (non-hydrogen) atoms. The Morgan fingerprint density at radius 2 is 2.17 bits per heavy atom. The largest absolute Gasteiger partial charge is 0.326 e. The number of carbonyl (C=O) groups is 2. The molecule has 1 aromatic rings. The van der Waals surface area contributed by atoms with Crippen LogP contribution in [0, 0.1) is 5.92 Å². The molecule has 0 unspecified atom stereocenters. The van der Waals surface area contributed by atoms with Gasteiger partial charge in [0, 0.05) is 6.20 Å². The summed E-state index contributed by atoms with van der Waals surface area (Å²) in [6.45, 7) is 4.66. The van der Waals surface area contributed by atoms with E-state index in [9.17, 15) is 9.59 Å². The first-order valence-electron chi connectivity index (χ1n) is 5.79. The van der Waals surface area contributed by atoms with Gasteiger partial charge in [0.2, 0.25) is 0 Å². The van der Waals surface area contributed by atoms with E-state index in [1.807, 2.05) is 13.8 Å². The van der Waals surface area contributed by atoms with E-state index in [2.05, 4.69) is 26.3 Å². The highest BCUT2D eigenvalue weighted by atomic mass is 79.9. The van der Waals surface area contributed by atoms with Gasteiger partial charge in [0.15, 0.2) is 0 Å². The fourth-order valence-corrected chi connectivity index (χ4v) is 2.20. The molecule has 1 aromatic heterocycles. The first kappa shape index (κ1) is 13.1. The van der Waals surface area contributed by atoms with Gasteiger partial charge in [-0.3, -0.25) is 14.4 Å². The van der Waals surface area contributed by atoms with Crippen molar-refractivity contribution in [3.63, 3.8) is 0 Å². The SMILES string of the molecule is CC(C)[C@H]1NC(=O)N(CCn2cc(Br)cn2)C1=O. The molecule has 0 aliphatic carbocycles. The molecule has 1 saturated heterocycles. The Balaban J connectivity index is 1.97. The maximum atomic E-state index is 12.0. The maximum Gasteiger partial charge on any atom is 0.324 e. The molecule has 1 aliphatic rings. The number of hydrogen-bond acceptors (Lipinski definition) is 3. The second-order valence-corrected chi connectivity index (χ2v) is 5.50. The Morgan fingerprint density at radius 1 is 1.44 bits per heavy atom. The van der Waals surface area contributed by atoms with Gasteiger partial charge >= 0.3 is 6.03 Å². The Kier molecular flexibility index (Phi) is 3.70. The molecular formula is C11H15BrN4O2. The van der Waals surface area contributed by atoms with Crippen LogP contribution in [0.5, 0.6) is 0 Å². The number of nitrogens with zero attached hydrogens (tertiary/aromatic N) is 3. The maximum absolute atomic E-state index is 12.0. The topological polar surface area (TPSA) is 67.2 Å². The first-order chi connectivity index (χ1) is 8.49. The lowest BCUT2D eigenvalue weighted by atomic mass is 10.1. The van der Waals surface area contributed by atoms with Crippen LogP contribution in [0.4, 0.5) is 4.79 Å². The summed E-state index contributed by atoms with van der Waals surface area (Å²) >= 11 is 3.29. The van der Waals surface area contributed by atoms with Crippen molar-refractivity contribution in [2.75, 3.05) is 6.54 Å². The van der Waals surface area contributed by atoms with Gasteiger partial charge in [-0.2, -0.15) is 5.10 Å². The van der Waals surface area contributed by atoms with Crippen molar-refractivity contribution < 1.29 is 9.59 Å². The molecule has 0 radical (unpaired) electrons. The summed E-state index contributed by atoms with van der Waals surface area (Å²) in [5.74, 6) is -0.0495. The van der Waals surface area contributed by atoms with Crippen LogP contribution < -0.4 is 5.32 Å². The molecule has 2 rings (SSSR count). The van der Waals surface area contributed by atoms with E-state index in [0.29, 0.717) is 13.1 Å². The average Bonchev–Trinajstić information content (AvgIpc) is 2.82. The molecular weight excluding hydrogens is 300 g/mol. The highest BCUT2D eigenvalue weighted by molar-refractivity contribution is 9.10. The van der Waals surface area contributed by atoms with E-state index < -0.39 is 6.04 Å². The average molecular weight is 315 g/mol. The van der Waals surface area contributed by atoms with Gasteiger partial charge < -0.3 is 5.32 Å². The van der Waals surface area contributed by atoms with Crippen molar-refractivity contribution in [1.29, 1.82) is 0 Å². The van der Waals surface area contributed by atoms with Crippen LogP contribution in [-0.2, 0) is 11.3 Å². The summed E-state index contributed by atoms with van der Waals surface area (Å²) < 4.78 is 2.56. The Bertz CT molecular complexity index is 471. The standard InChI is InChI=1S/C11H15BrN4O2/c1-7(2)9-10(17)16(11(18)14-9)4-3-15-6-8(12)5-13-15/h5-7,9H,3-4H2,1-2H3,(H,14,18)/t9-/m1/s1. The van der Waals surface area contributed by atoms with Gasteiger partial charge in [-0.05, 0) is 21.8 Å². The van der Waals surface area contributed by atoms with E-state index in [-0.39, 0.29) is 17.9 Å². The highest BCUT2D eigenvalue weighted by Gasteiger charge is 2.39. The van der Waals surface area contributed by atoms with Gasteiger partial charge in [0.1, 0.15) is 6.04 Å². The molecule has 7 heteroatoms. The predicted molar refractivity (Wildman–Crippen MR) is 68.8 cm³/mol. The minimum atomic E-state index is -0.401. The monoisotopic (exact) mass is 314 g/mol. The lowest BCUT2D eigenvalue weighted by molar-refractivity contribution is -0.128. The summed E-state index contributed by atoms with van der Waals surface area (Å²) in [5, 5.41) is 6.77. The minimum absolute atomic E-state index is 0.102. The second kappa shape index (κ2) is 5.09. The lowest BCUT2D eigenvalue weighted by Crippen LogP contribution is -2.35. The van der Waals surface area contributed by atoms with Crippen molar-refractivity contribution >= 4 is 27.9 Å². The van der Waals surface area contributed by atoms with Crippen LogP contribution in [0.2, 0.25) is 0 Å². The number of rotatable bonds is 4. The molecule has 1 aliphatic heterocycles. The molecule has 3 amide bonds. The van der Waals surface area contributed by atoms with Crippen LogP contribution in [0.3, 0.4) is 0 Å². The fourth-order valence-electron chi connectivity index (χ4n) is 1.87. The molecule has 0 spiro atoms. The third-order valence-corrected chi connectivity index (χ3v) is 3.29. The van der Waals surface area contributed by atoms with Crippen LogP contribution in [-0.4, -0.2) is 39.2 Å². The van der Waals surface area contributed by atoms with Gasteiger partial charge in [-0.15, -0.1) is 0 Å². The van der Waals surface area contributed by atoms with Crippen molar-refractivity contribution in [3.05, 3.63) is 16.9 Å². The predicted octanol–water partition coefficient (Wildman–Crippen LogP) is 1.22. The molecule has 1 N–H and O–H groups in total. The van der Waals surface area contributed by atoms with Crippen LogP contribution >= 0.6 is 15.9 Å². The molecule has 0 aromatic carbocycles. The summed E-state index contributed by atoms with van der Waals surface area (Å²) in [6.07, 6.45) is 3.47. The van der Waals surface area contributed by atoms with Crippen LogP contribution in [0.25, 0.3) is 0 Å². The molecule has 0 bridgehead atoms. The number of amides is 3. The molecule has 1 atom stereocenters. The van der Waals surface area contributed by atoms with E-state index >= 15 is 0 Å². The normalized spacial score (nSPS) is 19.8. The van der Waals surface area contributed by atoms with Crippen LogP contribution in [0.15, 0.2) is 16.9 Å². The first-order valence-corrected chi connectivity index (χ1v) is 6.58. The number of imide groups is 1. The van der Waals surface area contributed by atoms with Crippen LogP contribution in [0.1, 0.15) is 13.8 Å². The molecule has 0 saturated carbocycles. The summed E-state index contributed by atoms with van der Waals surface area (Å²) in [6, 6.07) is -0.716. The Labute approximate surface area is 113 Å². The Morgan fingerprint density at radius 3 is 2.67 bits per heavy atom. The van der Waals surface area contributed by atoms with E-state index in [0.717, 1.165) is 4.47 Å². The van der Waals surface area contributed by atoms with Gasteiger partial charge in [-0.25, -0.2) is 4.79 Å². The zero-order valence-electron chi connectivity index (χ0n) is 10.3. The van der Waals surface area contributed by atoms with E-state index in [4.69, 9.17) is 0 Å². The number of carbonyl (C=O) groups excluding carboxylic acids is 2. The van der Waals surface area contributed by atoms with Crippen molar-refractivity contribution in [2.24, 2.45) is 5.92 Å². The van der Waals surface area contributed by atoms with Crippen molar-refractivity contribution in [2.45, 2.75) is 26.4 Å². The van der Waals surface area contributed by atoms with Gasteiger partial charge in [0.25, 0.3) is 5.91 Å². The number of nitrogens with one attached hydrogen (secondary N) is 1. The second-order valence-electron chi connectivity index (χ2n) is 4.58. The summed E-state index contributed by atoms with van der Waals surface area (Å²) in [7, 11) is 0.